The van der Waals surface area contributed by atoms with Crippen molar-refractivity contribution in [1.82, 2.24) is 0 Å². The van der Waals surface area contributed by atoms with Crippen LogP contribution in [0, 0.1) is 0 Å². The summed E-state index contributed by atoms with van der Waals surface area (Å²) < 4.78 is 0. The van der Waals surface area contributed by atoms with E-state index in [-0.39, 0.29) is 55.7 Å². The fourth-order valence-electron chi connectivity index (χ4n) is 1.53. The minimum atomic E-state index is 0. The zero-order valence-corrected chi connectivity index (χ0v) is 17.3. The molecule has 0 nitrogen and oxygen atoms in total. The Hall–Kier alpha value is 2.46. The Balaban J connectivity index is -0.000000750. The summed E-state index contributed by atoms with van der Waals surface area (Å²) in [7, 11) is 14.8. The molecule has 9 heteroatoms. The molecule has 18 heavy (non-hydrogen) atoms. The van der Waals surface area contributed by atoms with Crippen LogP contribution < -0.4 is 0 Å². The summed E-state index contributed by atoms with van der Waals surface area (Å²) in [6, 6.07) is 6.71. The van der Waals surface area contributed by atoms with E-state index in [4.69, 9.17) is 15.1 Å². The van der Waals surface area contributed by atoms with Crippen LogP contribution >= 0.6 is 26.0 Å². The molecular weight excluding hydrogens is 386 g/mol. The van der Waals surface area contributed by atoms with Crippen LogP contribution in [0.25, 0.3) is 0 Å². The predicted octanol–water partition coefficient (Wildman–Crippen LogP) is 2.20. The van der Waals surface area contributed by atoms with E-state index in [1.807, 2.05) is 0 Å². The molecule has 0 saturated carbocycles. The van der Waals surface area contributed by atoms with Crippen molar-refractivity contribution < 1.29 is 55.7 Å². The molecule has 0 aliphatic carbocycles. The third-order valence-corrected chi connectivity index (χ3v) is 3.54. The van der Waals surface area contributed by atoms with Gasteiger partial charge in [0.2, 0.25) is 0 Å². The molecule has 0 aromatic heterocycles. The quantitative estimate of drug-likeness (QED) is 0.508. The molecule has 3 atom stereocenters. The van der Waals surface area contributed by atoms with E-state index in [0.29, 0.717) is 16.9 Å². The fraction of sp³-hybridized carbons (Fsp3) is 0.333. The zero-order chi connectivity index (χ0) is 11.1. The number of hydrogen-bond acceptors (Lipinski definition) is 0. The molecule has 0 heterocycles. The van der Waals surface area contributed by atoms with Crippen LogP contribution in [0.15, 0.2) is 18.2 Å². The smallest absolute Gasteiger partial charge is 0.143 e. The SMILES string of the molecule is [B]PCc1cc(C[B]P)cc(CP[B])c1.[V].[V].[V]. The third-order valence-electron chi connectivity index (χ3n) is 2.08. The van der Waals surface area contributed by atoms with E-state index >= 15 is 0 Å². The Morgan fingerprint density at radius 1 is 0.889 bits per heavy atom. The van der Waals surface area contributed by atoms with Crippen LogP contribution in [0.4, 0.5) is 0 Å². The van der Waals surface area contributed by atoms with Gasteiger partial charge in [-0.25, -0.2) is 0 Å². The van der Waals surface area contributed by atoms with E-state index in [2.05, 4.69) is 34.3 Å². The van der Waals surface area contributed by atoms with Crippen LogP contribution in [-0.4, -0.2) is 22.1 Å². The van der Waals surface area contributed by atoms with Crippen molar-refractivity contribution in [2.45, 2.75) is 18.6 Å². The standard InChI is InChI=1S/C9H13B3P3.3V/c10-14-5-8-1-7(4-12-13)2-9(3-8)6-15-11;;;/h1-3,14-15H,4-6,13H2;;;. The van der Waals surface area contributed by atoms with Gasteiger partial charge in [-0.1, -0.05) is 30.1 Å². The van der Waals surface area contributed by atoms with E-state index < -0.39 is 0 Å². The first-order valence-electron chi connectivity index (χ1n) is 4.82. The van der Waals surface area contributed by atoms with Gasteiger partial charge in [-0.05, 0) is 23.5 Å². The predicted molar refractivity (Wildman–Crippen MR) is 81.2 cm³/mol. The number of benzene rings is 1. The molecule has 0 N–H and O–H groups in total. The van der Waals surface area contributed by atoms with Gasteiger partial charge in [-0.15, -0.1) is 0 Å². The minimum absolute atomic E-state index is 0. The molecule has 1 aromatic carbocycles. The minimum Gasteiger partial charge on any atom is -0.178 e. The molecule has 0 amide bonds. The average Bonchev–Trinajstić information content (AvgIpc) is 2.19. The van der Waals surface area contributed by atoms with Gasteiger partial charge in [-0.3, -0.25) is 0 Å². The Morgan fingerprint density at radius 3 is 1.61 bits per heavy atom. The maximum atomic E-state index is 5.60. The van der Waals surface area contributed by atoms with Gasteiger partial charge in [0.05, 0.1) is 0 Å². The fourth-order valence-corrected chi connectivity index (χ4v) is 2.68. The van der Waals surface area contributed by atoms with Crippen molar-refractivity contribution in [3.05, 3.63) is 34.9 Å². The molecule has 88 valence electrons. The number of hydrogen-bond donors (Lipinski definition) is 0. The molecule has 0 bridgehead atoms. The van der Waals surface area contributed by atoms with Gasteiger partial charge < -0.3 is 0 Å². The summed E-state index contributed by atoms with van der Waals surface area (Å²) in [5.74, 6) is 0. The van der Waals surface area contributed by atoms with Gasteiger partial charge in [0.1, 0.15) is 22.1 Å². The van der Waals surface area contributed by atoms with Gasteiger partial charge in [0.25, 0.3) is 0 Å². The maximum Gasteiger partial charge on any atom is 0.143 e. The summed E-state index contributed by atoms with van der Waals surface area (Å²) in [5, 5.41) is 0. The Kier molecular flexibility index (Phi) is 22.4. The molecule has 1 rings (SSSR count). The Bertz CT molecular complexity index is 258. The zero-order valence-electron chi connectivity index (χ0n) is 10.0. The molecule has 0 fully saturated rings. The largest absolute Gasteiger partial charge is 0.178 e. The van der Waals surface area contributed by atoms with Crippen molar-refractivity contribution in [2.24, 2.45) is 0 Å². The molecule has 0 aliphatic rings. The van der Waals surface area contributed by atoms with Crippen LogP contribution in [0.5, 0.6) is 0 Å². The van der Waals surface area contributed by atoms with Crippen molar-refractivity contribution in [3.63, 3.8) is 0 Å². The second-order valence-corrected chi connectivity index (χ2v) is 5.35. The Labute approximate surface area is 156 Å². The monoisotopic (exact) mass is 400 g/mol. The molecule has 0 saturated heterocycles. The molecule has 0 spiro atoms. The first kappa shape index (κ1) is 25.4. The van der Waals surface area contributed by atoms with Gasteiger partial charge in [0.15, 0.2) is 0 Å². The summed E-state index contributed by atoms with van der Waals surface area (Å²) in [6.45, 7) is 2.10. The van der Waals surface area contributed by atoms with Gasteiger partial charge >= 0.3 is 0 Å². The van der Waals surface area contributed by atoms with Crippen molar-refractivity contribution in [2.75, 3.05) is 0 Å². The molecular formula is C9H13B3P3V3. The maximum absolute atomic E-state index is 5.60. The second kappa shape index (κ2) is 15.8. The summed E-state index contributed by atoms with van der Waals surface area (Å²) >= 11 is 0. The topological polar surface area (TPSA) is 0 Å². The summed E-state index contributed by atoms with van der Waals surface area (Å²) in [4.78, 5) is 0. The van der Waals surface area contributed by atoms with Crippen molar-refractivity contribution >= 4 is 48.2 Å². The molecule has 3 unspecified atom stereocenters. The van der Waals surface area contributed by atoms with Gasteiger partial charge in [-0.2, -0.15) is 26.0 Å². The van der Waals surface area contributed by atoms with Crippen LogP contribution in [0.2, 0.25) is 0 Å². The number of rotatable bonds is 6. The summed E-state index contributed by atoms with van der Waals surface area (Å²) in [6.07, 6.45) is 2.95. The van der Waals surface area contributed by atoms with E-state index in [0.717, 1.165) is 18.6 Å². The van der Waals surface area contributed by atoms with Crippen LogP contribution in [-0.2, 0) is 74.3 Å². The first-order valence-corrected chi connectivity index (χ1v) is 8.05. The van der Waals surface area contributed by atoms with E-state index in [9.17, 15) is 0 Å². The molecule has 1 aromatic rings. The van der Waals surface area contributed by atoms with Crippen molar-refractivity contribution in [3.8, 4) is 0 Å². The summed E-state index contributed by atoms with van der Waals surface area (Å²) in [5.41, 5.74) is 4.04. The van der Waals surface area contributed by atoms with E-state index in [1.165, 1.54) is 16.7 Å². The average molecular weight is 399 g/mol. The molecule has 8 radical (unpaired) electrons. The van der Waals surface area contributed by atoms with Crippen LogP contribution in [0.3, 0.4) is 0 Å². The van der Waals surface area contributed by atoms with E-state index in [1.54, 1.807) is 0 Å². The molecule has 0 aliphatic heterocycles. The normalized spacial score (nSPS) is 9.83. The first-order chi connectivity index (χ1) is 7.30. The van der Waals surface area contributed by atoms with Gasteiger partial charge in [0, 0.05) is 55.7 Å². The van der Waals surface area contributed by atoms with Crippen molar-refractivity contribution in [1.29, 1.82) is 0 Å². The second-order valence-electron chi connectivity index (χ2n) is 3.36. The Morgan fingerprint density at radius 2 is 1.28 bits per heavy atom. The third kappa shape index (κ3) is 10.2. The van der Waals surface area contributed by atoms with Crippen LogP contribution in [0.1, 0.15) is 16.7 Å².